The highest BCUT2D eigenvalue weighted by molar-refractivity contribution is 7.80. The van der Waals surface area contributed by atoms with Crippen LogP contribution in [0.25, 0.3) is 0 Å². The third kappa shape index (κ3) is 4.53. The predicted molar refractivity (Wildman–Crippen MR) is 94.2 cm³/mol. The van der Waals surface area contributed by atoms with Gasteiger partial charge in [-0.25, -0.2) is 4.79 Å². The summed E-state index contributed by atoms with van der Waals surface area (Å²) in [7, 11) is 0. The lowest BCUT2D eigenvalue weighted by Crippen LogP contribution is -2.34. The van der Waals surface area contributed by atoms with E-state index in [0.29, 0.717) is 11.3 Å². The SMILES string of the molecule is CCOC(=O)c1ccc(NC(=S)NC(=O)c2ccccc2)cc1O. The maximum absolute atomic E-state index is 12.0. The first-order valence-corrected chi connectivity index (χ1v) is 7.59. The second-order valence-electron chi connectivity index (χ2n) is 4.73. The van der Waals surface area contributed by atoms with Crippen LogP contribution in [0.5, 0.6) is 5.75 Å². The van der Waals surface area contributed by atoms with Gasteiger partial charge in [-0.15, -0.1) is 0 Å². The molecule has 124 valence electrons. The van der Waals surface area contributed by atoms with E-state index in [1.54, 1.807) is 43.3 Å². The van der Waals surface area contributed by atoms with E-state index in [9.17, 15) is 14.7 Å². The fourth-order valence-electron chi connectivity index (χ4n) is 1.92. The number of anilines is 1. The smallest absolute Gasteiger partial charge is 0.341 e. The summed E-state index contributed by atoms with van der Waals surface area (Å²) in [6, 6.07) is 12.9. The third-order valence-corrected chi connectivity index (χ3v) is 3.22. The van der Waals surface area contributed by atoms with Gasteiger partial charge in [-0.3, -0.25) is 10.1 Å². The van der Waals surface area contributed by atoms with E-state index in [1.165, 1.54) is 12.1 Å². The second kappa shape index (κ2) is 8.07. The molecule has 0 bridgehead atoms. The van der Waals surface area contributed by atoms with E-state index < -0.39 is 5.97 Å². The summed E-state index contributed by atoms with van der Waals surface area (Å²) in [5.74, 6) is -1.20. The van der Waals surface area contributed by atoms with Crippen LogP contribution in [0.2, 0.25) is 0 Å². The number of carbonyl (C=O) groups is 2. The Morgan fingerprint density at radius 3 is 2.50 bits per heavy atom. The van der Waals surface area contributed by atoms with Gasteiger partial charge in [0.1, 0.15) is 11.3 Å². The minimum Gasteiger partial charge on any atom is -0.507 e. The molecule has 3 N–H and O–H groups in total. The number of benzene rings is 2. The summed E-state index contributed by atoms with van der Waals surface area (Å²) in [4.78, 5) is 23.6. The quantitative estimate of drug-likeness (QED) is 0.584. The van der Waals surface area contributed by atoms with Gasteiger partial charge in [0.05, 0.1) is 6.61 Å². The molecule has 0 fully saturated rings. The van der Waals surface area contributed by atoms with E-state index in [0.717, 1.165) is 0 Å². The minimum absolute atomic E-state index is 0.0571. The highest BCUT2D eigenvalue weighted by atomic mass is 32.1. The summed E-state index contributed by atoms with van der Waals surface area (Å²) in [6.45, 7) is 1.90. The molecule has 0 aliphatic carbocycles. The van der Waals surface area contributed by atoms with Gasteiger partial charge in [-0.05, 0) is 43.4 Å². The zero-order valence-corrected chi connectivity index (χ0v) is 13.7. The lowest BCUT2D eigenvalue weighted by Gasteiger charge is -2.11. The topological polar surface area (TPSA) is 87.7 Å². The number of thiocarbonyl (C=S) groups is 1. The molecule has 24 heavy (non-hydrogen) atoms. The number of nitrogens with one attached hydrogen (secondary N) is 2. The summed E-state index contributed by atoms with van der Waals surface area (Å²) >= 11 is 5.07. The minimum atomic E-state index is -0.610. The van der Waals surface area contributed by atoms with Gasteiger partial charge in [-0.2, -0.15) is 0 Å². The number of hydrogen-bond donors (Lipinski definition) is 3. The molecule has 2 aromatic carbocycles. The number of phenolic OH excluding ortho intramolecular Hbond substituents is 1. The van der Waals surface area contributed by atoms with Crippen molar-refractivity contribution in [3.63, 3.8) is 0 Å². The van der Waals surface area contributed by atoms with Crippen LogP contribution in [0.4, 0.5) is 5.69 Å². The molecule has 2 rings (SSSR count). The van der Waals surface area contributed by atoms with Gasteiger partial charge >= 0.3 is 5.97 Å². The Balaban J connectivity index is 2.00. The number of aromatic hydroxyl groups is 1. The standard InChI is InChI=1S/C17H16N2O4S/c1-2-23-16(22)13-9-8-12(10-14(13)20)18-17(24)19-15(21)11-6-4-3-5-7-11/h3-10,20H,2H2,1H3,(H2,18,19,21,24). The van der Waals surface area contributed by atoms with Crippen molar-refractivity contribution in [3.05, 3.63) is 59.7 Å². The lowest BCUT2D eigenvalue weighted by molar-refractivity contribution is 0.0523. The fraction of sp³-hybridized carbons (Fsp3) is 0.118. The van der Waals surface area contributed by atoms with Gasteiger partial charge in [0.25, 0.3) is 5.91 Å². The molecule has 0 aliphatic rings. The Morgan fingerprint density at radius 1 is 1.17 bits per heavy atom. The molecular formula is C17H16N2O4S. The van der Waals surface area contributed by atoms with E-state index >= 15 is 0 Å². The first-order valence-electron chi connectivity index (χ1n) is 7.18. The molecule has 0 aromatic heterocycles. The van der Waals surface area contributed by atoms with Crippen molar-refractivity contribution >= 4 is 34.9 Å². The predicted octanol–water partition coefficient (Wildman–Crippen LogP) is 2.70. The van der Waals surface area contributed by atoms with Crippen LogP contribution in [0.3, 0.4) is 0 Å². The molecule has 6 nitrogen and oxygen atoms in total. The summed E-state index contributed by atoms with van der Waals surface area (Å²) in [6.07, 6.45) is 0. The first-order chi connectivity index (χ1) is 11.5. The second-order valence-corrected chi connectivity index (χ2v) is 5.13. The number of phenols is 1. The van der Waals surface area contributed by atoms with Crippen molar-refractivity contribution in [3.8, 4) is 5.75 Å². The van der Waals surface area contributed by atoms with Crippen LogP contribution in [-0.4, -0.2) is 28.7 Å². The molecule has 2 aromatic rings. The van der Waals surface area contributed by atoms with E-state index in [-0.39, 0.29) is 28.9 Å². The molecule has 0 unspecified atom stereocenters. The average Bonchev–Trinajstić information content (AvgIpc) is 2.55. The summed E-state index contributed by atoms with van der Waals surface area (Å²) in [5, 5.41) is 15.3. The Kier molecular flexibility index (Phi) is 5.86. The van der Waals surface area contributed by atoms with Gasteiger partial charge in [0.2, 0.25) is 0 Å². The number of carbonyl (C=O) groups excluding carboxylic acids is 2. The number of esters is 1. The van der Waals surface area contributed by atoms with Gasteiger partial charge < -0.3 is 15.2 Å². The Bertz CT molecular complexity index is 762. The zero-order chi connectivity index (χ0) is 17.5. The number of ether oxygens (including phenoxy) is 1. The molecule has 0 aliphatic heterocycles. The molecule has 0 atom stereocenters. The Hall–Kier alpha value is -2.93. The van der Waals surface area contributed by atoms with Crippen molar-refractivity contribution < 1.29 is 19.4 Å². The molecule has 0 saturated heterocycles. The number of hydrogen-bond acceptors (Lipinski definition) is 5. The van der Waals surface area contributed by atoms with Crippen molar-refractivity contribution in [1.82, 2.24) is 5.32 Å². The maximum Gasteiger partial charge on any atom is 0.341 e. The molecule has 0 heterocycles. The highest BCUT2D eigenvalue weighted by Gasteiger charge is 2.13. The van der Waals surface area contributed by atoms with Crippen LogP contribution in [-0.2, 0) is 4.74 Å². The maximum atomic E-state index is 12.0. The third-order valence-electron chi connectivity index (χ3n) is 3.01. The van der Waals surface area contributed by atoms with Gasteiger partial charge in [0.15, 0.2) is 5.11 Å². The number of rotatable bonds is 4. The zero-order valence-electron chi connectivity index (χ0n) is 12.9. The Labute approximate surface area is 144 Å². The largest absolute Gasteiger partial charge is 0.507 e. The van der Waals surface area contributed by atoms with Crippen molar-refractivity contribution in [2.45, 2.75) is 6.92 Å². The van der Waals surface area contributed by atoms with Crippen molar-refractivity contribution in [1.29, 1.82) is 0 Å². The number of amides is 1. The van der Waals surface area contributed by atoms with Gasteiger partial charge in [-0.1, -0.05) is 18.2 Å². The first kappa shape index (κ1) is 17.4. The van der Waals surface area contributed by atoms with E-state index in [1.807, 2.05) is 0 Å². The molecule has 0 saturated carbocycles. The summed E-state index contributed by atoms with van der Waals surface area (Å²) in [5.41, 5.74) is 0.961. The monoisotopic (exact) mass is 344 g/mol. The molecular weight excluding hydrogens is 328 g/mol. The fourth-order valence-corrected chi connectivity index (χ4v) is 2.13. The Morgan fingerprint density at radius 2 is 1.88 bits per heavy atom. The van der Waals surface area contributed by atoms with E-state index in [2.05, 4.69) is 10.6 Å². The van der Waals surface area contributed by atoms with Crippen molar-refractivity contribution in [2.24, 2.45) is 0 Å². The highest BCUT2D eigenvalue weighted by Crippen LogP contribution is 2.22. The van der Waals surface area contributed by atoms with Crippen LogP contribution in [0.15, 0.2) is 48.5 Å². The molecule has 7 heteroatoms. The van der Waals surface area contributed by atoms with Crippen LogP contribution in [0.1, 0.15) is 27.6 Å². The molecule has 1 amide bonds. The average molecular weight is 344 g/mol. The van der Waals surface area contributed by atoms with Gasteiger partial charge in [0, 0.05) is 17.3 Å². The van der Waals surface area contributed by atoms with E-state index in [4.69, 9.17) is 17.0 Å². The van der Waals surface area contributed by atoms with Crippen LogP contribution >= 0.6 is 12.2 Å². The van der Waals surface area contributed by atoms with Crippen molar-refractivity contribution in [2.75, 3.05) is 11.9 Å². The molecule has 0 radical (unpaired) electrons. The molecule has 0 spiro atoms. The van der Waals surface area contributed by atoms with Crippen LogP contribution in [0, 0.1) is 0 Å². The summed E-state index contributed by atoms with van der Waals surface area (Å²) < 4.78 is 4.83. The lowest BCUT2D eigenvalue weighted by atomic mass is 10.2. The van der Waals surface area contributed by atoms with Crippen LogP contribution < -0.4 is 10.6 Å². The normalized spacial score (nSPS) is 9.88.